The van der Waals surface area contributed by atoms with Gasteiger partial charge in [0, 0.05) is 19.0 Å². The van der Waals surface area contributed by atoms with Gasteiger partial charge in [-0.1, -0.05) is 54.6 Å². The van der Waals surface area contributed by atoms with Gasteiger partial charge in [0.05, 0.1) is 22.5 Å². The Balaban J connectivity index is 1.29. The Morgan fingerprint density at radius 3 is 2.44 bits per heavy atom. The molecular formula is C29H30F3N3O3S. The van der Waals surface area contributed by atoms with Gasteiger partial charge in [-0.3, -0.25) is 4.79 Å². The van der Waals surface area contributed by atoms with Crippen LogP contribution in [0.4, 0.5) is 13.2 Å². The highest BCUT2D eigenvalue weighted by atomic mass is 32.2. The fourth-order valence-corrected chi connectivity index (χ4v) is 6.20. The third-order valence-corrected chi connectivity index (χ3v) is 8.62. The number of amides is 1. The minimum atomic E-state index is -4.68. The molecule has 0 aliphatic heterocycles. The van der Waals surface area contributed by atoms with Crippen molar-refractivity contribution in [2.75, 3.05) is 0 Å². The summed E-state index contributed by atoms with van der Waals surface area (Å²) in [5.41, 5.74) is 2.92. The molecule has 1 fully saturated rings. The molecule has 1 saturated carbocycles. The van der Waals surface area contributed by atoms with Gasteiger partial charge in [-0.05, 0) is 66.1 Å². The second kappa shape index (κ2) is 11.1. The standard InChI is InChI=1S/C29H30F3N3O3S/c30-29(31,32)22-7-4-8-24(16-22)39(37,38)35-27(20-5-2-1-3-6-20)17-28(36)34-26-14-10-21-15-19(9-13-25(21)26)18-33-23-11-12-23/h1-9,13,15-16,23,26-27,33,35H,10-12,14,17-18H2,(H,34,36)/t26-,27-/m1/s1. The highest BCUT2D eigenvalue weighted by Gasteiger charge is 2.33. The quantitative estimate of drug-likeness (QED) is 0.321. The van der Waals surface area contributed by atoms with Gasteiger partial charge in [-0.25, -0.2) is 13.1 Å². The van der Waals surface area contributed by atoms with Crippen molar-refractivity contribution in [2.24, 2.45) is 0 Å². The third-order valence-electron chi connectivity index (χ3n) is 7.15. The lowest BCUT2D eigenvalue weighted by Gasteiger charge is -2.21. The molecule has 3 aromatic carbocycles. The lowest BCUT2D eigenvalue weighted by atomic mass is 10.0. The maximum Gasteiger partial charge on any atom is 0.416 e. The minimum absolute atomic E-state index is 0.186. The van der Waals surface area contributed by atoms with E-state index < -0.39 is 32.7 Å². The Morgan fingerprint density at radius 2 is 1.72 bits per heavy atom. The Bertz CT molecular complexity index is 1440. The first kappa shape index (κ1) is 27.4. The molecule has 0 radical (unpaired) electrons. The number of carbonyl (C=O) groups is 1. The van der Waals surface area contributed by atoms with Crippen LogP contribution in [0.2, 0.25) is 0 Å². The first-order valence-corrected chi connectivity index (χ1v) is 14.5. The lowest BCUT2D eigenvalue weighted by Crippen LogP contribution is -2.35. The average Bonchev–Trinajstić information content (AvgIpc) is 3.67. The monoisotopic (exact) mass is 557 g/mol. The van der Waals surface area contributed by atoms with E-state index in [0.717, 1.165) is 43.1 Å². The van der Waals surface area contributed by atoms with E-state index in [-0.39, 0.29) is 18.4 Å². The molecule has 39 heavy (non-hydrogen) atoms. The van der Waals surface area contributed by atoms with Gasteiger partial charge in [-0.2, -0.15) is 13.2 Å². The van der Waals surface area contributed by atoms with E-state index in [1.165, 1.54) is 24.0 Å². The van der Waals surface area contributed by atoms with Gasteiger partial charge in [0.2, 0.25) is 15.9 Å². The highest BCUT2D eigenvalue weighted by molar-refractivity contribution is 7.89. The zero-order valence-electron chi connectivity index (χ0n) is 21.2. The maximum atomic E-state index is 13.2. The summed E-state index contributed by atoms with van der Waals surface area (Å²) in [7, 11) is -4.36. The van der Waals surface area contributed by atoms with Crippen molar-refractivity contribution in [3.8, 4) is 0 Å². The zero-order valence-corrected chi connectivity index (χ0v) is 22.0. The third kappa shape index (κ3) is 6.87. The van der Waals surface area contributed by atoms with E-state index >= 15 is 0 Å². The predicted octanol–water partition coefficient (Wildman–Crippen LogP) is 5.17. The van der Waals surface area contributed by atoms with Gasteiger partial charge in [0.1, 0.15) is 0 Å². The number of nitrogens with one attached hydrogen (secondary N) is 3. The molecule has 0 aromatic heterocycles. The molecule has 10 heteroatoms. The lowest BCUT2D eigenvalue weighted by molar-refractivity contribution is -0.137. The SMILES string of the molecule is O=C(C[C@@H](NS(=O)(=O)c1cccc(C(F)(F)F)c1)c1ccccc1)N[C@@H]1CCc2cc(CNC3CC3)ccc21. The number of fused-ring (bicyclic) bond motifs is 1. The number of halogens is 3. The van der Waals surface area contributed by atoms with Crippen LogP contribution < -0.4 is 15.4 Å². The van der Waals surface area contributed by atoms with Crippen molar-refractivity contribution < 1.29 is 26.4 Å². The van der Waals surface area contributed by atoms with Gasteiger partial charge in [0.25, 0.3) is 0 Å². The number of rotatable bonds is 10. The van der Waals surface area contributed by atoms with Crippen molar-refractivity contribution in [1.82, 2.24) is 15.4 Å². The van der Waals surface area contributed by atoms with Crippen LogP contribution in [0.25, 0.3) is 0 Å². The van der Waals surface area contributed by atoms with Crippen LogP contribution in [0.15, 0.2) is 77.7 Å². The topological polar surface area (TPSA) is 87.3 Å². The largest absolute Gasteiger partial charge is 0.416 e. The summed E-state index contributed by atoms with van der Waals surface area (Å²) in [6.07, 6.45) is -0.875. The fourth-order valence-electron chi connectivity index (χ4n) is 4.93. The molecule has 2 atom stereocenters. The number of hydrogen-bond acceptors (Lipinski definition) is 4. The molecule has 0 bridgehead atoms. The molecule has 6 nitrogen and oxygen atoms in total. The molecule has 1 amide bonds. The van der Waals surface area contributed by atoms with E-state index in [1.54, 1.807) is 30.3 Å². The summed E-state index contributed by atoms with van der Waals surface area (Å²) < 4.78 is 68.2. The molecule has 206 valence electrons. The number of benzene rings is 3. The van der Waals surface area contributed by atoms with Gasteiger partial charge in [0.15, 0.2) is 0 Å². The fraction of sp³-hybridized carbons (Fsp3) is 0.345. The second-order valence-corrected chi connectivity index (χ2v) is 11.9. The van der Waals surface area contributed by atoms with Crippen molar-refractivity contribution in [2.45, 2.75) is 67.8 Å². The average molecular weight is 558 g/mol. The van der Waals surface area contributed by atoms with Crippen LogP contribution in [0.3, 0.4) is 0 Å². The number of hydrogen-bond donors (Lipinski definition) is 3. The molecular weight excluding hydrogens is 527 g/mol. The summed E-state index contributed by atoms with van der Waals surface area (Å²) in [6.45, 7) is 0.819. The van der Waals surface area contributed by atoms with Crippen molar-refractivity contribution >= 4 is 15.9 Å². The Hall–Kier alpha value is -3.21. The molecule has 0 unspecified atom stereocenters. The summed E-state index contributed by atoms with van der Waals surface area (Å²) in [6, 6.07) is 17.8. The van der Waals surface area contributed by atoms with Crippen molar-refractivity contribution in [1.29, 1.82) is 0 Å². The molecule has 2 aliphatic rings. The van der Waals surface area contributed by atoms with Crippen molar-refractivity contribution in [3.63, 3.8) is 0 Å². The number of alkyl halides is 3. The van der Waals surface area contributed by atoms with Crippen LogP contribution in [0.1, 0.15) is 65.6 Å². The first-order valence-electron chi connectivity index (χ1n) is 13.0. The predicted molar refractivity (Wildman–Crippen MR) is 141 cm³/mol. The van der Waals surface area contributed by atoms with Crippen LogP contribution >= 0.6 is 0 Å². The number of aryl methyl sites for hydroxylation is 1. The van der Waals surface area contributed by atoms with E-state index in [9.17, 15) is 26.4 Å². The molecule has 5 rings (SSSR count). The normalized spacial score (nSPS) is 18.0. The van der Waals surface area contributed by atoms with Crippen molar-refractivity contribution in [3.05, 3.63) is 101 Å². The summed E-state index contributed by atoms with van der Waals surface area (Å²) in [5.74, 6) is -0.354. The van der Waals surface area contributed by atoms with Crippen LogP contribution in [-0.2, 0) is 34.0 Å². The second-order valence-electron chi connectivity index (χ2n) is 10.2. The molecule has 3 N–H and O–H groups in total. The molecule has 0 spiro atoms. The van der Waals surface area contributed by atoms with Gasteiger partial charge in [-0.15, -0.1) is 0 Å². The molecule has 0 heterocycles. The Morgan fingerprint density at radius 1 is 0.949 bits per heavy atom. The Labute approximate surface area is 226 Å². The maximum absolute atomic E-state index is 13.2. The van der Waals surface area contributed by atoms with E-state index in [1.807, 2.05) is 6.07 Å². The minimum Gasteiger partial charge on any atom is -0.349 e. The smallest absolute Gasteiger partial charge is 0.349 e. The van der Waals surface area contributed by atoms with E-state index in [2.05, 4.69) is 27.5 Å². The van der Waals surface area contributed by atoms with E-state index in [0.29, 0.717) is 17.7 Å². The van der Waals surface area contributed by atoms with Crippen LogP contribution in [0.5, 0.6) is 0 Å². The summed E-state index contributed by atoms with van der Waals surface area (Å²) in [4.78, 5) is 12.6. The van der Waals surface area contributed by atoms with Gasteiger partial charge < -0.3 is 10.6 Å². The highest BCUT2D eigenvalue weighted by Crippen LogP contribution is 2.33. The zero-order chi connectivity index (χ0) is 27.6. The first-order chi connectivity index (χ1) is 18.6. The number of carbonyl (C=O) groups excluding carboxylic acids is 1. The summed E-state index contributed by atoms with van der Waals surface area (Å²) in [5, 5.41) is 6.54. The molecule has 2 aliphatic carbocycles. The van der Waals surface area contributed by atoms with Crippen LogP contribution in [-0.4, -0.2) is 20.4 Å². The number of sulfonamides is 1. The van der Waals surface area contributed by atoms with E-state index in [4.69, 9.17) is 0 Å². The van der Waals surface area contributed by atoms with Gasteiger partial charge >= 0.3 is 6.18 Å². The Kier molecular flexibility index (Phi) is 7.80. The molecule has 0 saturated heterocycles. The van der Waals surface area contributed by atoms with Crippen LogP contribution in [0, 0.1) is 0 Å². The summed E-state index contributed by atoms with van der Waals surface area (Å²) >= 11 is 0. The molecule has 3 aromatic rings.